The van der Waals surface area contributed by atoms with Gasteiger partial charge in [-0.3, -0.25) is 0 Å². The second kappa shape index (κ2) is 4.58. The zero-order chi connectivity index (χ0) is 12.3. The fraction of sp³-hybridized carbons (Fsp3) is 0. The first-order valence-electron chi connectivity index (χ1n) is 4.78. The number of nitrogens with zero attached hydrogens (tertiary/aromatic N) is 2. The first kappa shape index (κ1) is 11.0. The predicted octanol–water partition coefficient (Wildman–Crippen LogP) is 2.98. The van der Waals surface area contributed by atoms with Gasteiger partial charge in [-0.25, -0.2) is 13.8 Å². The number of benzene rings is 1. The summed E-state index contributed by atoms with van der Waals surface area (Å²) in [6.07, 6.45) is 1.43. The van der Waals surface area contributed by atoms with Crippen molar-refractivity contribution < 1.29 is 8.78 Å². The molecular weight excluding hydrogens is 224 g/mol. The Balaban J connectivity index is 2.42. The van der Waals surface area contributed by atoms with Crippen molar-refractivity contribution in [3.8, 4) is 6.07 Å². The van der Waals surface area contributed by atoms with E-state index >= 15 is 0 Å². The topological polar surface area (TPSA) is 48.7 Å². The van der Waals surface area contributed by atoms with E-state index in [9.17, 15) is 8.78 Å². The van der Waals surface area contributed by atoms with Gasteiger partial charge in [-0.2, -0.15) is 5.26 Å². The molecule has 1 N–H and O–H groups in total. The Morgan fingerprint density at radius 2 is 1.82 bits per heavy atom. The van der Waals surface area contributed by atoms with E-state index in [1.807, 2.05) is 6.07 Å². The van der Waals surface area contributed by atoms with Gasteiger partial charge >= 0.3 is 0 Å². The number of nitriles is 1. The van der Waals surface area contributed by atoms with Crippen molar-refractivity contribution in [1.82, 2.24) is 4.98 Å². The van der Waals surface area contributed by atoms with Gasteiger partial charge in [0.2, 0.25) is 0 Å². The standard InChI is InChI=1S/C12H7F2N3/c13-8-3-1-4-9(14)12(8)17-10-5-2-6-16-11(10)7-15/h1-6,17H. The number of pyridine rings is 1. The van der Waals surface area contributed by atoms with Crippen molar-refractivity contribution in [1.29, 1.82) is 5.26 Å². The molecule has 0 unspecified atom stereocenters. The first-order valence-corrected chi connectivity index (χ1v) is 4.78. The Bertz CT molecular complexity index is 570. The third-order valence-corrected chi connectivity index (χ3v) is 2.14. The Labute approximate surface area is 96.3 Å². The maximum Gasteiger partial charge on any atom is 0.163 e. The molecule has 0 bridgehead atoms. The van der Waals surface area contributed by atoms with Crippen molar-refractivity contribution >= 4 is 11.4 Å². The van der Waals surface area contributed by atoms with Crippen LogP contribution in [0.3, 0.4) is 0 Å². The largest absolute Gasteiger partial charge is 0.348 e. The average molecular weight is 231 g/mol. The zero-order valence-corrected chi connectivity index (χ0v) is 8.61. The molecule has 0 aliphatic rings. The molecule has 3 nitrogen and oxygen atoms in total. The van der Waals surface area contributed by atoms with Crippen molar-refractivity contribution in [2.24, 2.45) is 0 Å². The summed E-state index contributed by atoms with van der Waals surface area (Å²) >= 11 is 0. The van der Waals surface area contributed by atoms with Crippen LogP contribution in [-0.2, 0) is 0 Å². The summed E-state index contributed by atoms with van der Waals surface area (Å²) in [4.78, 5) is 3.78. The molecule has 0 saturated heterocycles. The SMILES string of the molecule is N#Cc1ncccc1Nc1c(F)cccc1F. The smallest absolute Gasteiger partial charge is 0.163 e. The van der Waals surface area contributed by atoms with Gasteiger partial charge in [0, 0.05) is 6.20 Å². The van der Waals surface area contributed by atoms with E-state index in [4.69, 9.17) is 5.26 Å². The van der Waals surface area contributed by atoms with E-state index < -0.39 is 11.6 Å². The van der Waals surface area contributed by atoms with Crippen LogP contribution in [0.15, 0.2) is 36.5 Å². The van der Waals surface area contributed by atoms with Gasteiger partial charge in [0.1, 0.15) is 23.4 Å². The van der Waals surface area contributed by atoms with E-state index in [-0.39, 0.29) is 17.1 Å². The summed E-state index contributed by atoms with van der Waals surface area (Å²) < 4.78 is 26.7. The molecule has 1 heterocycles. The third-order valence-electron chi connectivity index (χ3n) is 2.14. The Morgan fingerprint density at radius 3 is 2.47 bits per heavy atom. The summed E-state index contributed by atoms with van der Waals surface area (Å²) in [7, 11) is 0. The summed E-state index contributed by atoms with van der Waals surface area (Å²) in [5.41, 5.74) is 0.0474. The molecule has 2 rings (SSSR count). The van der Waals surface area contributed by atoms with Gasteiger partial charge in [-0.15, -0.1) is 0 Å². The van der Waals surface area contributed by atoms with Crippen LogP contribution in [0.2, 0.25) is 0 Å². The molecule has 0 saturated carbocycles. The van der Waals surface area contributed by atoms with Crippen molar-refractivity contribution in [2.75, 3.05) is 5.32 Å². The summed E-state index contributed by atoms with van der Waals surface area (Å²) in [6.45, 7) is 0. The van der Waals surface area contributed by atoms with Gasteiger partial charge < -0.3 is 5.32 Å². The number of para-hydroxylation sites is 1. The lowest BCUT2D eigenvalue weighted by molar-refractivity contribution is 0.591. The highest BCUT2D eigenvalue weighted by atomic mass is 19.1. The van der Waals surface area contributed by atoms with Crippen molar-refractivity contribution in [2.45, 2.75) is 0 Å². The molecule has 0 aliphatic carbocycles. The van der Waals surface area contributed by atoms with Gasteiger partial charge in [-0.1, -0.05) is 6.07 Å². The number of aromatic nitrogens is 1. The van der Waals surface area contributed by atoms with Crippen LogP contribution in [0.4, 0.5) is 20.2 Å². The van der Waals surface area contributed by atoms with E-state index in [0.29, 0.717) is 0 Å². The van der Waals surface area contributed by atoms with E-state index in [1.165, 1.54) is 18.3 Å². The van der Waals surface area contributed by atoms with Gasteiger partial charge in [-0.05, 0) is 24.3 Å². The molecule has 1 aromatic carbocycles. The minimum atomic E-state index is -0.724. The van der Waals surface area contributed by atoms with Crippen LogP contribution in [0.5, 0.6) is 0 Å². The highest BCUT2D eigenvalue weighted by Gasteiger charge is 2.10. The van der Waals surface area contributed by atoms with Crippen LogP contribution in [0.1, 0.15) is 5.69 Å². The van der Waals surface area contributed by atoms with Crippen LogP contribution >= 0.6 is 0 Å². The van der Waals surface area contributed by atoms with Crippen LogP contribution < -0.4 is 5.32 Å². The number of hydrogen-bond donors (Lipinski definition) is 1. The Kier molecular flexibility index (Phi) is 2.97. The fourth-order valence-corrected chi connectivity index (χ4v) is 1.35. The number of nitrogens with one attached hydrogen (secondary N) is 1. The lowest BCUT2D eigenvalue weighted by Crippen LogP contribution is -2.00. The molecule has 0 radical (unpaired) electrons. The molecule has 5 heteroatoms. The lowest BCUT2D eigenvalue weighted by Gasteiger charge is -2.08. The van der Waals surface area contributed by atoms with Crippen LogP contribution in [0.25, 0.3) is 0 Å². The molecule has 2 aromatic rings. The normalized spacial score (nSPS) is 9.71. The lowest BCUT2D eigenvalue weighted by atomic mass is 10.2. The monoisotopic (exact) mass is 231 g/mol. The average Bonchev–Trinajstić information content (AvgIpc) is 2.34. The predicted molar refractivity (Wildman–Crippen MR) is 58.6 cm³/mol. The quantitative estimate of drug-likeness (QED) is 0.864. The fourth-order valence-electron chi connectivity index (χ4n) is 1.35. The Morgan fingerprint density at radius 1 is 1.12 bits per heavy atom. The molecule has 0 spiro atoms. The maximum atomic E-state index is 13.4. The van der Waals surface area contributed by atoms with E-state index in [1.54, 1.807) is 6.07 Å². The number of rotatable bonds is 2. The van der Waals surface area contributed by atoms with Gasteiger partial charge in [0.25, 0.3) is 0 Å². The van der Waals surface area contributed by atoms with E-state index in [0.717, 1.165) is 12.1 Å². The summed E-state index contributed by atoms with van der Waals surface area (Å²) in [5, 5.41) is 11.3. The second-order valence-corrected chi connectivity index (χ2v) is 3.23. The molecule has 0 aliphatic heterocycles. The van der Waals surface area contributed by atoms with Crippen molar-refractivity contribution in [3.63, 3.8) is 0 Å². The third kappa shape index (κ3) is 2.21. The molecule has 1 aromatic heterocycles. The minimum Gasteiger partial charge on any atom is -0.348 e. The van der Waals surface area contributed by atoms with Crippen molar-refractivity contribution in [3.05, 3.63) is 53.9 Å². The molecule has 0 amide bonds. The zero-order valence-electron chi connectivity index (χ0n) is 8.61. The second-order valence-electron chi connectivity index (χ2n) is 3.23. The van der Waals surface area contributed by atoms with Crippen LogP contribution in [0, 0.1) is 23.0 Å². The highest BCUT2D eigenvalue weighted by Crippen LogP contribution is 2.24. The first-order chi connectivity index (χ1) is 8.22. The van der Waals surface area contributed by atoms with E-state index in [2.05, 4.69) is 10.3 Å². The highest BCUT2D eigenvalue weighted by molar-refractivity contribution is 5.65. The summed E-state index contributed by atoms with van der Waals surface area (Å²) in [5.74, 6) is -1.45. The van der Waals surface area contributed by atoms with Gasteiger partial charge in [0.15, 0.2) is 5.69 Å². The van der Waals surface area contributed by atoms with Gasteiger partial charge in [0.05, 0.1) is 5.69 Å². The molecule has 84 valence electrons. The van der Waals surface area contributed by atoms with Crippen LogP contribution in [-0.4, -0.2) is 4.98 Å². The molecule has 0 atom stereocenters. The molecule has 0 fully saturated rings. The summed E-state index contributed by atoms with van der Waals surface area (Å²) in [6, 6.07) is 8.47. The maximum absolute atomic E-state index is 13.4. The Hall–Kier alpha value is -2.48. The molecule has 17 heavy (non-hydrogen) atoms. The number of hydrogen-bond acceptors (Lipinski definition) is 3. The molecular formula is C12H7F2N3. The minimum absolute atomic E-state index is 0.0788. The number of anilines is 2. The number of halogens is 2.